The molecule has 0 amide bonds. The Hall–Kier alpha value is -9.17. The van der Waals surface area contributed by atoms with Gasteiger partial charge in [-0.3, -0.25) is 0 Å². The van der Waals surface area contributed by atoms with Crippen LogP contribution in [-0.2, 0) is 0 Å². The molecule has 3 aliphatic rings. The summed E-state index contributed by atoms with van der Waals surface area (Å²) in [7, 11) is 0. The van der Waals surface area contributed by atoms with Gasteiger partial charge in [-0.15, -0.1) is 0 Å². The van der Waals surface area contributed by atoms with E-state index >= 15 is 52.7 Å². The van der Waals surface area contributed by atoms with Crippen LogP contribution >= 0.6 is 0 Å². The molecule has 0 atom stereocenters. The van der Waals surface area contributed by atoms with Gasteiger partial charge in [0.2, 0.25) is 0 Å². The van der Waals surface area contributed by atoms with Gasteiger partial charge in [-0.25, -0.2) is 0 Å². The molecule has 378 valence electrons. The zero-order valence-corrected chi connectivity index (χ0v) is 40.7. The zero-order valence-electron chi connectivity index (χ0n) is 38.3. The Morgan fingerprint density at radius 1 is 0.408 bits per heavy atom. The number of ether oxygens (including phenoxy) is 3. The Morgan fingerprint density at radius 2 is 0.658 bits per heavy atom. The Balaban J connectivity index is 1.39. The fourth-order valence-electron chi connectivity index (χ4n) is 8.55. The van der Waals surface area contributed by atoms with Crippen LogP contribution in [0.1, 0.15) is 33.8 Å². The van der Waals surface area contributed by atoms with Crippen LogP contribution in [0.5, 0.6) is 17.2 Å². The van der Waals surface area contributed by atoms with E-state index in [-0.39, 0.29) is 34.2 Å². The van der Waals surface area contributed by atoms with Crippen LogP contribution in [0.25, 0.3) is 16.7 Å². The van der Waals surface area contributed by atoms with Crippen molar-refractivity contribution >= 4 is 52.3 Å². The summed E-state index contributed by atoms with van der Waals surface area (Å²) in [6, 6.07) is 7.62. The molecule has 76 heavy (non-hydrogen) atoms. The fourth-order valence-corrected chi connectivity index (χ4v) is 14.7. The van der Waals surface area contributed by atoms with Crippen molar-refractivity contribution in [2.24, 2.45) is 15.0 Å². The summed E-state index contributed by atoms with van der Waals surface area (Å²) in [5.74, 6) is -22.7. The molecule has 6 aromatic rings. The van der Waals surface area contributed by atoms with Gasteiger partial charge in [-0.05, 0) is 0 Å². The van der Waals surface area contributed by atoms with Crippen molar-refractivity contribution in [3.63, 3.8) is 0 Å². The molecule has 0 spiro atoms. The first-order chi connectivity index (χ1) is 36.7. The standard InChI is InChI=1S/3C18H9F4N2O.Ga/c3*1-2-9-25-18-16(21)14(19)13(15(20)17(18)22)12(10-5-3-7-23-10)11-6-4-8-24-11;/h3*1,3-8H,9H2;/q3*-1;+3/b3*12-10+;. The van der Waals surface area contributed by atoms with E-state index in [4.69, 9.17) is 33.5 Å². The van der Waals surface area contributed by atoms with Crippen molar-refractivity contribution in [1.82, 2.24) is 9.82 Å². The van der Waals surface area contributed by atoms with Crippen LogP contribution in [0.2, 0.25) is 0 Å². The van der Waals surface area contributed by atoms with E-state index < -0.39 is 157 Å². The molecule has 0 bridgehead atoms. The maximum absolute atomic E-state index is 16.7. The third-order valence-electron chi connectivity index (χ3n) is 11.6. The topological polar surface area (TPSA) is 79.6 Å². The summed E-state index contributed by atoms with van der Waals surface area (Å²) in [5.41, 5.74) is -7.78. The van der Waals surface area contributed by atoms with Crippen molar-refractivity contribution in [2.45, 2.75) is 0 Å². The molecule has 3 aromatic carbocycles. The summed E-state index contributed by atoms with van der Waals surface area (Å²) in [6.45, 7) is -2.43. The average molecular weight is 1110 g/mol. The van der Waals surface area contributed by atoms with Gasteiger partial charge in [0.15, 0.2) is 0 Å². The molecule has 22 heteroatoms. The van der Waals surface area contributed by atoms with Crippen LogP contribution in [0.15, 0.2) is 124 Å². The quantitative estimate of drug-likeness (QED) is 0.0445. The minimum atomic E-state index is -5.02. The Morgan fingerprint density at radius 3 is 0.868 bits per heavy atom. The van der Waals surface area contributed by atoms with Gasteiger partial charge in [-0.1, -0.05) is 0 Å². The zero-order chi connectivity index (χ0) is 54.1. The van der Waals surface area contributed by atoms with E-state index in [1.807, 2.05) is 17.8 Å². The Kier molecular flexibility index (Phi) is 14.5. The Bertz CT molecular complexity index is 3350. The van der Waals surface area contributed by atoms with Crippen molar-refractivity contribution in [2.75, 3.05) is 19.8 Å². The molecule has 0 radical (unpaired) electrons. The number of terminal acetylenes is 3. The molecule has 0 saturated heterocycles. The molecule has 0 unspecified atom stereocenters. The molecular formula is C54H27F12GaN6O3. The van der Waals surface area contributed by atoms with Crippen LogP contribution < -0.4 is 14.2 Å². The molecule has 9 rings (SSSR count). The van der Waals surface area contributed by atoms with Crippen molar-refractivity contribution in [3.8, 4) is 54.3 Å². The fraction of sp³-hybridized carbons (Fsp3) is 0.0556. The average Bonchev–Trinajstić information content (AvgIpc) is 4.36. The van der Waals surface area contributed by atoms with Gasteiger partial charge >= 0.3 is 430 Å². The van der Waals surface area contributed by atoms with E-state index in [0.29, 0.717) is 0 Å². The third kappa shape index (κ3) is 8.74. The first-order valence-corrected chi connectivity index (χ1v) is 25.1. The molecule has 0 aliphatic carbocycles. The second-order valence-corrected chi connectivity index (χ2v) is 20.8. The SMILES string of the molecule is C#CCOc1c(F)c(F)c(/C(=C2\C=CC=N2)c2ccc[n]2[Ga]([n]2cccc2/C(=C2/C=CC=N2)c2c(F)c(F)c(OCC#C)c(F)c2F)[n]2cccc2/C(=C2/C=CC=N2)c2c(F)c(F)c(OCC#C)c(F)c2F)c(F)c1F. The van der Waals surface area contributed by atoms with E-state index in [0.717, 1.165) is 0 Å². The molecule has 6 heterocycles. The normalized spacial score (nSPS) is 15.1. The molecule has 0 saturated carbocycles. The number of rotatable bonds is 15. The van der Waals surface area contributed by atoms with Gasteiger partial charge < -0.3 is 0 Å². The summed E-state index contributed by atoms with van der Waals surface area (Å²) < 4.78 is 214. The molecule has 3 aliphatic heterocycles. The number of halogens is 12. The first kappa shape index (κ1) is 51.7. The summed E-state index contributed by atoms with van der Waals surface area (Å²) in [4.78, 5) is 12.6. The minimum absolute atomic E-state index is 0.304. The number of allylic oxidation sites excluding steroid dienone is 6. The number of hydrogen-bond donors (Lipinski definition) is 0. The molecule has 3 aromatic heterocycles. The molecule has 9 nitrogen and oxygen atoms in total. The van der Waals surface area contributed by atoms with Gasteiger partial charge in [0.05, 0.1) is 0 Å². The van der Waals surface area contributed by atoms with Gasteiger partial charge in [-0.2, -0.15) is 0 Å². The first-order valence-electron chi connectivity index (χ1n) is 21.8. The number of benzene rings is 3. The number of aromatic nitrogens is 3. The second-order valence-electron chi connectivity index (χ2n) is 15.8. The predicted molar refractivity (Wildman–Crippen MR) is 258 cm³/mol. The molecule has 0 fully saturated rings. The van der Waals surface area contributed by atoms with Gasteiger partial charge in [0.1, 0.15) is 0 Å². The number of hydrogen-bond acceptors (Lipinski definition) is 6. The van der Waals surface area contributed by atoms with Crippen LogP contribution in [0.3, 0.4) is 0 Å². The monoisotopic (exact) mass is 1100 g/mol. The Labute approximate surface area is 428 Å². The van der Waals surface area contributed by atoms with Crippen LogP contribution in [0, 0.1) is 107 Å². The maximum atomic E-state index is 16.7. The predicted octanol–water partition coefficient (Wildman–Crippen LogP) is 10.9. The van der Waals surface area contributed by atoms with E-state index in [9.17, 15) is 0 Å². The van der Waals surface area contributed by atoms with Crippen LogP contribution in [-0.4, -0.2) is 65.2 Å². The van der Waals surface area contributed by atoms with Crippen molar-refractivity contribution in [1.29, 1.82) is 0 Å². The summed E-state index contributed by atoms with van der Waals surface area (Å²) >= 11 is -5.02. The summed E-state index contributed by atoms with van der Waals surface area (Å²) in [6.07, 6.45) is 30.6. The van der Waals surface area contributed by atoms with Gasteiger partial charge in [0.25, 0.3) is 0 Å². The van der Waals surface area contributed by atoms with E-state index in [1.54, 1.807) is 0 Å². The van der Waals surface area contributed by atoms with E-state index in [2.05, 4.69) is 15.0 Å². The third-order valence-corrected chi connectivity index (χ3v) is 17.6. The van der Waals surface area contributed by atoms with Crippen molar-refractivity contribution < 1.29 is 66.9 Å². The summed E-state index contributed by atoms with van der Waals surface area (Å²) in [5, 5.41) is 0. The second kappa shape index (κ2) is 21.4. The van der Waals surface area contributed by atoms with Crippen molar-refractivity contribution in [3.05, 3.63) is 212 Å². The van der Waals surface area contributed by atoms with E-state index in [1.165, 1.54) is 120 Å². The molecule has 0 N–H and O–H groups in total. The number of aliphatic imine (C=N–C) groups is 3. The molecular weight excluding hydrogens is 1080 g/mol. The van der Waals surface area contributed by atoms with Gasteiger partial charge in [0, 0.05) is 0 Å². The number of nitrogens with zero attached hydrogens (tertiary/aromatic N) is 6. The van der Waals surface area contributed by atoms with Crippen LogP contribution in [0.4, 0.5) is 52.7 Å².